The van der Waals surface area contributed by atoms with E-state index in [2.05, 4.69) is 25.0 Å². The molecule has 5 atom stereocenters. The fraction of sp³-hybridized carbons (Fsp3) is 0.519. The smallest absolute Gasteiger partial charge is 0.156 e. The maximum atomic E-state index is 12.1. The average Bonchev–Trinajstić information content (AvgIpc) is 2.96. The highest BCUT2D eigenvalue weighted by Gasteiger charge is 2.61. The first kappa shape index (κ1) is 20.5. The minimum Gasteiger partial charge on any atom is -0.497 e. The monoisotopic (exact) mass is 418 g/mol. The lowest BCUT2D eigenvalue weighted by molar-refractivity contribution is -0.114. The zero-order valence-corrected chi connectivity index (χ0v) is 18.3. The third kappa shape index (κ3) is 3.02. The van der Waals surface area contributed by atoms with E-state index >= 15 is 0 Å². The van der Waals surface area contributed by atoms with E-state index in [9.17, 15) is 9.90 Å². The van der Waals surface area contributed by atoms with E-state index in [0.29, 0.717) is 25.4 Å². The molecule has 1 aromatic carbocycles. The molecule has 5 rings (SSSR count). The van der Waals surface area contributed by atoms with Crippen molar-refractivity contribution in [1.82, 2.24) is 0 Å². The number of fused-ring (bicyclic) bond motifs is 4. The fourth-order valence-electron chi connectivity index (χ4n) is 6.56. The molecule has 0 radical (unpaired) electrons. The predicted molar refractivity (Wildman–Crippen MR) is 118 cm³/mol. The Bertz CT molecular complexity index is 1010. The molecular weight excluding hydrogens is 388 g/mol. The van der Waals surface area contributed by atoms with Gasteiger partial charge < -0.3 is 14.6 Å². The second-order valence-electron chi connectivity index (χ2n) is 9.75. The van der Waals surface area contributed by atoms with Gasteiger partial charge in [-0.25, -0.2) is 0 Å². The predicted octanol–water partition coefficient (Wildman–Crippen LogP) is 4.54. The largest absolute Gasteiger partial charge is 0.497 e. The number of terminal acetylenes is 1. The number of allylic oxidation sites excluding steroid dienone is 3. The van der Waals surface area contributed by atoms with Crippen LogP contribution in [0.2, 0.25) is 0 Å². The molecule has 1 aromatic rings. The van der Waals surface area contributed by atoms with Crippen molar-refractivity contribution in [2.45, 2.75) is 57.2 Å². The Labute approximate surface area is 184 Å². The van der Waals surface area contributed by atoms with Crippen LogP contribution in [0.4, 0.5) is 0 Å². The third-order valence-electron chi connectivity index (χ3n) is 8.37. The second-order valence-corrected chi connectivity index (χ2v) is 9.75. The van der Waals surface area contributed by atoms with Crippen LogP contribution in [0.25, 0.3) is 0 Å². The number of carbonyl (C=O) groups excluding carboxylic acids is 1. The molecule has 162 valence electrons. The molecule has 4 unspecified atom stereocenters. The van der Waals surface area contributed by atoms with Gasteiger partial charge in [-0.15, -0.1) is 6.42 Å². The summed E-state index contributed by atoms with van der Waals surface area (Å²) in [5.41, 5.74) is 3.23. The van der Waals surface area contributed by atoms with Gasteiger partial charge in [0.25, 0.3) is 0 Å². The molecule has 4 nitrogen and oxygen atoms in total. The second kappa shape index (κ2) is 7.36. The maximum absolute atomic E-state index is 12.1. The van der Waals surface area contributed by atoms with Crippen molar-refractivity contribution < 1.29 is 19.4 Å². The minimum absolute atomic E-state index is 0.202. The van der Waals surface area contributed by atoms with Gasteiger partial charge in [0.1, 0.15) is 17.5 Å². The van der Waals surface area contributed by atoms with Crippen LogP contribution in [0.1, 0.15) is 57.1 Å². The summed E-state index contributed by atoms with van der Waals surface area (Å²) < 4.78 is 12.0. The number of rotatable bonds is 2. The molecule has 4 aliphatic rings. The van der Waals surface area contributed by atoms with Crippen molar-refractivity contribution >= 4 is 5.78 Å². The van der Waals surface area contributed by atoms with Gasteiger partial charge in [-0.05, 0) is 84.4 Å². The average molecular weight is 419 g/mol. The molecule has 0 spiro atoms. The first-order valence-electron chi connectivity index (χ1n) is 11.3. The van der Waals surface area contributed by atoms with E-state index in [-0.39, 0.29) is 17.8 Å². The number of carbonyl (C=O) groups is 1. The molecule has 0 amide bonds. The lowest BCUT2D eigenvalue weighted by Gasteiger charge is -2.42. The molecule has 1 N–H and O–H groups in total. The van der Waals surface area contributed by atoms with Crippen LogP contribution >= 0.6 is 0 Å². The van der Waals surface area contributed by atoms with Gasteiger partial charge in [-0.3, -0.25) is 4.79 Å². The number of hydrogen-bond acceptors (Lipinski definition) is 4. The van der Waals surface area contributed by atoms with Crippen molar-refractivity contribution in [1.29, 1.82) is 0 Å². The van der Waals surface area contributed by atoms with Crippen LogP contribution in [0.5, 0.6) is 5.75 Å². The standard InChI is InChI=1S/C27H30O4/c1-4-27(29)14-13-23-22-11-7-18-15-19(28)8-12-21(18)24(22)25(31-16-26(23,27)2)17-5-9-20(30-3)10-6-17/h1,5-6,9-10,15,22-23,25,29H,7-8,11-14,16H2,2-3H3/t22?,23?,25?,26?,27-/m0/s1. The van der Waals surface area contributed by atoms with Gasteiger partial charge in [-0.1, -0.05) is 25.0 Å². The number of aliphatic hydroxyl groups is 1. The van der Waals surface area contributed by atoms with Gasteiger partial charge in [0.15, 0.2) is 5.78 Å². The van der Waals surface area contributed by atoms with Gasteiger partial charge in [0.2, 0.25) is 0 Å². The summed E-state index contributed by atoms with van der Waals surface area (Å²) in [5.74, 6) is 4.31. The topological polar surface area (TPSA) is 55.8 Å². The number of ether oxygens (including phenoxy) is 2. The lowest BCUT2D eigenvalue weighted by Crippen LogP contribution is -2.48. The van der Waals surface area contributed by atoms with E-state index in [0.717, 1.165) is 37.0 Å². The fourth-order valence-corrected chi connectivity index (χ4v) is 6.56. The third-order valence-corrected chi connectivity index (χ3v) is 8.37. The Balaban J connectivity index is 1.67. The van der Waals surface area contributed by atoms with Crippen molar-refractivity contribution in [2.24, 2.45) is 17.3 Å². The van der Waals surface area contributed by atoms with Crippen LogP contribution in [0.3, 0.4) is 0 Å². The quantitative estimate of drug-likeness (QED) is 0.717. The summed E-state index contributed by atoms with van der Waals surface area (Å²) in [6.07, 6.45) is 12.2. The van der Waals surface area contributed by atoms with Gasteiger partial charge in [0.05, 0.1) is 13.7 Å². The Morgan fingerprint density at radius 1 is 1.19 bits per heavy atom. The van der Waals surface area contributed by atoms with E-state index in [1.807, 2.05) is 18.2 Å². The summed E-state index contributed by atoms with van der Waals surface area (Å²) in [5, 5.41) is 11.4. The Morgan fingerprint density at radius 2 is 1.97 bits per heavy atom. The molecule has 4 heteroatoms. The molecular formula is C27H30O4. The highest BCUT2D eigenvalue weighted by atomic mass is 16.5. The molecule has 1 saturated carbocycles. The van der Waals surface area contributed by atoms with Gasteiger partial charge >= 0.3 is 0 Å². The van der Waals surface area contributed by atoms with Crippen molar-refractivity contribution in [3.8, 4) is 18.1 Å². The van der Waals surface area contributed by atoms with Gasteiger partial charge in [0, 0.05) is 11.8 Å². The highest BCUT2D eigenvalue weighted by molar-refractivity contribution is 5.93. The summed E-state index contributed by atoms with van der Waals surface area (Å²) in [6.45, 7) is 2.53. The molecule has 0 bridgehead atoms. The first-order chi connectivity index (χ1) is 14.9. The molecule has 3 aliphatic carbocycles. The number of benzene rings is 1. The molecule has 0 aromatic heterocycles. The highest BCUT2D eigenvalue weighted by Crippen LogP contribution is 2.61. The Kier molecular flexibility index (Phi) is 4.88. The van der Waals surface area contributed by atoms with Gasteiger partial charge in [-0.2, -0.15) is 0 Å². The van der Waals surface area contributed by atoms with Crippen LogP contribution < -0.4 is 4.74 Å². The summed E-state index contributed by atoms with van der Waals surface area (Å²) in [4.78, 5) is 12.1. The normalized spacial score (nSPS) is 37.2. The van der Waals surface area contributed by atoms with E-state index in [1.54, 1.807) is 7.11 Å². The van der Waals surface area contributed by atoms with Crippen LogP contribution in [0.15, 0.2) is 47.1 Å². The Morgan fingerprint density at radius 3 is 2.68 bits per heavy atom. The van der Waals surface area contributed by atoms with Crippen molar-refractivity contribution in [2.75, 3.05) is 13.7 Å². The molecule has 1 aliphatic heterocycles. The summed E-state index contributed by atoms with van der Waals surface area (Å²) in [7, 11) is 1.66. The van der Waals surface area contributed by atoms with Crippen LogP contribution in [-0.4, -0.2) is 30.2 Å². The molecule has 1 heterocycles. The SMILES string of the molecule is C#C[C@]1(O)CCC2C3CCC4=CC(=O)CCC4=C3C(c3ccc(OC)cc3)OCC21C. The zero-order valence-electron chi connectivity index (χ0n) is 18.3. The molecule has 1 saturated heterocycles. The van der Waals surface area contributed by atoms with E-state index in [1.165, 1.54) is 16.7 Å². The lowest BCUT2D eigenvalue weighted by atomic mass is 9.62. The van der Waals surface area contributed by atoms with Crippen molar-refractivity contribution in [3.63, 3.8) is 0 Å². The van der Waals surface area contributed by atoms with E-state index < -0.39 is 11.0 Å². The molecule has 2 fully saturated rings. The maximum Gasteiger partial charge on any atom is 0.156 e. The zero-order chi connectivity index (χ0) is 21.8. The summed E-state index contributed by atoms with van der Waals surface area (Å²) in [6, 6.07) is 8.07. The first-order valence-corrected chi connectivity index (χ1v) is 11.3. The molecule has 31 heavy (non-hydrogen) atoms. The number of ketones is 1. The van der Waals surface area contributed by atoms with E-state index in [4.69, 9.17) is 15.9 Å². The minimum atomic E-state index is -1.15. The summed E-state index contributed by atoms with van der Waals surface area (Å²) >= 11 is 0. The number of hydrogen-bond donors (Lipinski definition) is 1. The van der Waals surface area contributed by atoms with Crippen molar-refractivity contribution in [3.05, 3.63) is 52.6 Å². The van der Waals surface area contributed by atoms with Crippen LogP contribution in [-0.2, 0) is 9.53 Å². The number of methoxy groups -OCH3 is 1. The van der Waals surface area contributed by atoms with Crippen LogP contribution in [0, 0.1) is 29.6 Å². The Hall–Kier alpha value is -2.35.